The zero-order valence-corrected chi connectivity index (χ0v) is 18.6. The zero-order chi connectivity index (χ0) is 23.2. The van der Waals surface area contributed by atoms with Gasteiger partial charge in [0.05, 0.1) is 5.39 Å². The van der Waals surface area contributed by atoms with Crippen LogP contribution in [0.2, 0.25) is 0 Å². The van der Waals surface area contributed by atoms with Crippen molar-refractivity contribution >= 4 is 32.8 Å². The number of nitrogens with zero attached hydrogens (tertiary/aromatic N) is 4. The molecule has 3 heterocycles. The van der Waals surface area contributed by atoms with E-state index in [1.807, 2.05) is 78.9 Å². The summed E-state index contributed by atoms with van der Waals surface area (Å²) in [4.78, 5) is 19.1. The summed E-state index contributed by atoms with van der Waals surface area (Å²) < 4.78 is 6.17. The summed E-state index contributed by atoms with van der Waals surface area (Å²) >= 11 is 0. The summed E-state index contributed by atoms with van der Waals surface area (Å²) in [6, 6.07) is 34.4. The van der Waals surface area contributed by atoms with Crippen LogP contribution in [0, 0.1) is 0 Å². The highest BCUT2D eigenvalue weighted by atomic mass is 16.3. The SMILES string of the molecule is c1ccc(-c2nc(-c3ccccc3)nc(-c3ccnc4oc5cc6ccccc6cc5c34)n2)cc1. The second-order valence-electron chi connectivity index (χ2n) is 8.37. The summed E-state index contributed by atoms with van der Waals surface area (Å²) in [6.07, 6.45) is 1.74. The van der Waals surface area contributed by atoms with Crippen molar-refractivity contribution in [3.63, 3.8) is 0 Å². The summed E-state index contributed by atoms with van der Waals surface area (Å²) in [5.41, 5.74) is 4.08. The van der Waals surface area contributed by atoms with Crippen molar-refractivity contribution in [2.45, 2.75) is 0 Å². The van der Waals surface area contributed by atoms with E-state index in [0.29, 0.717) is 23.2 Å². The average molecular weight is 451 g/mol. The predicted octanol–water partition coefficient (Wildman–Crippen LogP) is 7.32. The number of pyridine rings is 1. The van der Waals surface area contributed by atoms with E-state index >= 15 is 0 Å². The van der Waals surface area contributed by atoms with Crippen LogP contribution in [-0.2, 0) is 0 Å². The van der Waals surface area contributed by atoms with Crippen LogP contribution in [0.25, 0.3) is 67.0 Å². The third kappa shape index (κ3) is 3.33. The Kier molecular flexibility index (Phi) is 4.39. The van der Waals surface area contributed by atoms with Crippen LogP contribution < -0.4 is 0 Å². The molecule has 164 valence electrons. The maximum Gasteiger partial charge on any atom is 0.228 e. The molecule has 0 spiro atoms. The monoisotopic (exact) mass is 450 g/mol. The van der Waals surface area contributed by atoms with Gasteiger partial charge in [0.15, 0.2) is 17.5 Å². The molecule has 0 radical (unpaired) electrons. The van der Waals surface area contributed by atoms with Crippen molar-refractivity contribution < 1.29 is 4.42 Å². The molecule has 0 saturated carbocycles. The van der Waals surface area contributed by atoms with Gasteiger partial charge in [-0.3, -0.25) is 0 Å². The van der Waals surface area contributed by atoms with Crippen molar-refractivity contribution in [1.82, 2.24) is 19.9 Å². The molecule has 3 aromatic heterocycles. The zero-order valence-electron chi connectivity index (χ0n) is 18.6. The molecule has 0 unspecified atom stereocenters. The maximum absolute atomic E-state index is 6.17. The lowest BCUT2D eigenvalue weighted by atomic mass is 10.0. The molecule has 35 heavy (non-hydrogen) atoms. The second kappa shape index (κ2) is 7.85. The molecule has 0 N–H and O–H groups in total. The number of aromatic nitrogens is 4. The first-order valence-electron chi connectivity index (χ1n) is 11.4. The quantitative estimate of drug-likeness (QED) is 0.282. The molecule has 7 aromatic rings. The van der Waals surface area contributed by atoms with E-state index in [0.717, 1.165) is 43.8 Å². The van der Waals surface area contributed by atoms with Crippen LogP contribution in [0.15, 0.2) is 114 Å². The van der Waals surface area contributed by atoms with Crippen LogP contribution in [-0.4, -0.2) is 19.9 Å². The van der Waals surface area contributed by atoms with Gasteiger partial charge < -0.3 is 4.42 Å². The first-order chi connectivity index (χ1) is 17.3. The van der Waals surface area contributed by atoms with E-state index in [9.17, 15) is 0 Å². The molecule has 0 aliphatic heterocycles. The Morgan fingerprint density at radius 2 is 1.11 bits per heavy atom. The Hall–Kier alpha value is -4.90. The molecule has 0 amide bonds. The Labute approximate surface area is 200 Å². The third-order valence-electron chi connectivity index (χ3n) is 6.18. The molecule has 7 rings (SSSR count). The summed E-state index contributed by atoms with van der Waals surface area (Å²) in [7, 11) is 0. The van der Waals surface area contributed by atoms with E-state index in [2.05, 4.69) is 29.2 Å². The lowest BCUT2D eigenvalue weighted by molar-refractivity contribution is 0.654. The third-order valence-corrected chi connectivity index (χ3v) is 6.18. The van der Waals surface area contributed by atoms with Crippen LogP contribution in [0.1, 0.15) is 0 Å². The molecule has 0 aliphatic carbocycles. The molecule has 0 fully saturated rings. The molecule has 0 bridgehead atoms. The average Bonchev–Trinajstić information content (AvgIpc) is 3.30. The normalized spacial score (nSPS) is 11.4. The molecule has 5 heteroatoms. The van der Waals surface area contributed by atoms with E-state index in [1.165, 1.54) is 0 Å². The number of hydrogen-bond acceptors (Lipinski definition) is 5. The standard InChI is InChI=1S/C30H18N4O/c1-3-9-19(10-4-1)27-32-28(20-11-5-2-6-12-20)34-29(33-27)23-15-16-31-30-26(23)24-17-21-13-7-8-14-22(21)18-25(24)35-30/h1-18H. The van der Waals surface area contributed by atoms with Gasteiger partial charge in [-0.25, -0.2) is 19.9 Å². The lowest BCUT2D eigenvalue weighted by Gasteiger charge is -2.09. The summed E-state index contributed by atoms with van der Waals surface area (Å²) in [6.45, 7) is 0. The fourth-order valence-corrected chi connectivity index (χ4v) is 4.50. The van der Waals surface area contributed by atoms with Crippen molar-refractivity contribution in [2.24, 2.45) is 0 Å². The molecular weight excluding hydrogens is 432 g/mol. The number of hydrogen-bond donors (Lipinski definition) is 0. The molecular formula is C30H18N4O. The van der Waals surface area contributed by atoms with E-state index in [1.54, 1.807) is 6.20 Å². The minimum Gasteiger partial charge on any atom is -0.438 e. The fourth-order valence-electron chi connectivity index (χ4n) is 4.50. The largest absolute Gasteiger partial charge is 0.438 e. The van der Waals surface area contributed by atoms with Crippen LogP contribution in [0.3, 0.4) is 0 Å². The Morgan fingerprint density at radius 3 is 1.77 bits per heavy atom. The predicted molar refractivity (Wildman–Crippen MR) is 139 cm³/mol. The lowest BCUT2D eigenvalue weighted by Crippen LogP contribution is -2.00. The molecule has 0 aliphatic rings. The van der Waals surface area contributed by atoms with Gasteiger partial charge in [0.1, 0.15) is 5.58 Å². The molecule has 0 saturated heterocycles. The summed E-state index contributed by atoms with van der Waals surface area (Å²) in [5, 5.41) is 4.16. The highest BCUT2D eigenvalue weighted by Crippen LogP contribution is 2.37. The topological polar surface area (TPSA) is 64.7 Å². The van der Waals surface area contributed by atoms with Gasteiger partial charge in [0.25, 0.3) is 0 Å². The van der Waals surface area contributed by atoms with Crippen LogP contribution >= 0.6 is 0 Å². The number of benzene rings is 4. The first kappa shape index (κ1) is 19.6. The van der Waals surface area contributed by atoms with Gasteiger partial charge in [-0.1, -0.05) is 84.9 Å². The fraction of sp³-hybridized carbons (Fsp3) is 0. The summed E-state index contributed by atoms with van der Waals surface area (Å²) in [5.74, 6) is 1.83. The van der Waals surface area contributed by atoms with Gasteiger partial charge >= 0.3 is 0 Å². The van der Waals surface area contributed by atoms with Crippen molar-refractivity contribution in [2.75, 3.05) is 0 Å². The molecule has 0 atom stereocenters. The Bertz CT molecular complexity index is 1790. The number of rotatable bonds is 3. The highest BCUT2D eigenvalue weighted by molar-refractivity contribution is 6.14. The highest BCUT2D eigenvalue weighted by Gasteiger charge is 2.18. The number of fused-ring (bicyclic) bond motifs is 4. The maximum atomic E-state index is 6.17. The van der Waals surface area contributed by atoms with Gasteiger partial charge in [0, 0.05) is 28.3 Å². The molecule has 4 aromatic carbocycles. The smallest absolute Gasteiger partial charge is 0.228 e. The van der Waals surface area contributed by atoms with E-state index in [-0.39, 0.29) is 0 Å². The van der Waals surface area contributed by atoms with Crippen molar-refractivity contribution in [3.05, 3.63) is 109 Å². The van der Waals surface area contributed by atoms with E-state index in [4.69, 9.17) is 19.4 Å². The van der Waals surface area contributed by atoms with Gasteiger partial charge in [-0.05, 0) is 29.0 Å². The minimum absolute atomic E-state index is 0.566. The number of furan rings is 1. The van der Waals surface area contributed by atoms with E-state index < -0.39 is 0 Å². The van der Waals surface area contributed by atoms with Crippen molar-refractivity contribution in [3.8, 4) is 34.2 Å². The minimum atomic E-state index is 0.566. The van der Waals surface area contributed by atoms with Gasteiger partial charge in [-0.2, -0.15) is 0 Å². The second-order valence-corrected chi connectivity index (χ2v) is 8.37. The van der Waals surface area contributed by atoms with Gasteiger partial charge in [-0.15, -0.1) is 0 Å². The van der Waals surface area contributed by atoms with Crippen LogP contribution in [0.5, 0.6) is 0 Å². The molecule has 5 nitrogen and oxygen atoms in total. The van der Waals surface area contributed by atoms with Crippen molar-refractivity contribution in [1.29, 1.82) is 0 Å². The first-order valence-corrected chi connectivity index (χ1v) is 11.4. The Morgan fingerprint density at radius 1 is 0.543 bits per heavy atom. The van der Waals surface area contributed by atoms with Gasteiger partial charge in [0.2, 0.25) is 5.71 Å². The van der Waals surface area contributed by atoms with Crippen LogP contribution in [0.4, 0.5) is 0 Å². The Balaban J connectivity index is 1.53.